The molecule has 1 unspecified atom stereocenters. The van der Waals surface area contributed by atoms with Crippen LogP contribution in [0.1, 0.15) is 22.2 Å². The van der Waals surface area contributed by atoms with Gasteiger partial charge in [0.05, 0.1) is 27.7 Å². The maximum Gasteiger partial charge on any atom is 0.422 e. The van der Waals surface area contributed by atoms with Gasteiger partial charge >= 0.3 is 11.3 Å². The first-order chi connectivity index (χ1) is 15.0. The molecule has 5 nitrogen and oxygen atoms in total. The SMILES string of the molecule is [2H]c1c([2H])c([2H])c2[nH]c([S+]([O-])C([2H])([2H])c3nccc(OC([2H])([2H])C(F)(F)F)c3C)nc2c1[2H]. The molecule has 2 heterocycles. The fourth-order valence-electron chi connectivity index (χ4n) is 1.78. The van der Waals surface area contributed by atoms with Gasteiger partial charge in [0.25, 0.3) is 0 Å². The summed E-state index contributed by atoms with van der Waals surface area (Å²) in [5.74, 6) is -0.674. The van der Waals surface area contributed by atoms with Gasteiger partial charge in [-0.3, -0.25) is 9.97 Å². The summed E-state index contributed by atoms with van der Waals surface area (Å²) in [5.41, 5.74) is -4.33. The number of benzene rings is 1. The van der Waals surface area contributed by atoms with Crippen molar-refractivity contribution in [3.8, 4) is 5.75 Å². The van der Waals surface area contributed by atoms with Crippen molar-refractivity contribution in [1.82, 2.24) is 15.0 Å². The number of pyridine rings is 1. The van der Waals surface area contributed by atoms with E-state index in [1.54, 1.807) is 0 Å². The van der Waals surface area contributed by atoms with Crippen LogP contribution in [-0.4, -0.2) is 32.2 Å². The minimum Gasteiger partial charge on any atom is -0.609 e. The van der Waals surface area contributed by atoms with Gasteiger partial charge in [0, 0.05) is 22.9 Å². The maximum atomic E-state index is 13.0. The number of hydrogen-bond acceptors (Lipinski definition) is 4. The second-order valence-corrected chi connectivity index (χ2v) is 5.75. The lowest BCUT2D eigenvalue weighted by Gasteiger charge is -2.14. The lowest BCUT2D eigenvalue weighted by Crippen LogP contribution is -2.20. The van der Waals surface area contributed by atoms with Gasteiger partial charge < -0.3 is 9.29 Å². The molecular weight excluding hydrogens is 355 g/mol. The topological polar surface area (TPSA) is 73.9 Å². The third-order valence-corrected chi connectivity index (χ3v) is 3.83. The predicted molar refractivity (Wildman–Crippen MR) is 86.7 cm³/mol. The number of hydrogen-bond donors (Lipinski definition) is 1. The minimum absolute atomic E-state index is 0.208. The van der Waals surface area contributed by atoms with Gasteiger partial charge in [0.2, 0.25) is 0 Å². The molecule has 0 aliphatic carbocycles. The van der Waals surface area contributed by atoms with E-state index in [9.17, 15) is 17.7 Å². The van der Waals surface area contributed by atoms with Crippen LogP contribution in [0.3, 0.4) is 0 Å². The summed E-state index contributed by atoms with van der Waals surface area (Å²) in [5, 5.41) is -0.555. The molecule has 1 N–H and O–H groups in total. The number of H-pyrrole nitrogens is 1. The first-order valence-electron chi connectivity index (χ1n) is 10.6. The number of fused-ring (bicyclic) bond motifs is 1. The molecule has 0 aliphatic rings. The maximum absolute atomic E-state index is 13.0. The Morgan fingerprint density at radius 3 is 2.92 bits per heavy atom. The molecule has 0 radical (unpaired) electrons. The van der Waals surface area contributed by atoms with E-state index in [4.69, 9.17) is 11.0 Å². The second-order valence-electron chi connectivity index (χ2n) is 4.62. The number of nitrogens with zero attached hydrogens (tertiary/aromatic N) is 2. The Labute approximate surface area is 155 Å². The Morgan fingerprint density at radius 2 is 2.16 bits per heavy atom. The molecule has 3 rings (SSSR count). The first-order valence-corrected chi connectivity index (χ1v) is 7.75. The molecule has 25 heavy (non-hydrogen) atoms. The lowest BCUT2D eigenvalue weighted by molar-refractivity contribution is -0.153. The highest BCUT2D eigenvalue weighted by atomic mass is 32.2. The van der Waals surface area contributed by atoms with Crippen LogP contribution in [0.25, 0.3) is 11.0 Å². The molecule has 1 atom stereocenters. The van der Waals surface area contributed by atoms with Crippen LogP contribution in [0.15, 0.2) is 41.6 Å². The molecular formula is C16H14F3N3O2S. The number of aromatic amines is 1. The zero-order valence-electron chi connectivity index (χ0n) is 20.4. The number of halogens is 3. The van der Waals surface area contributed by atoms with E-state index >= 15 is 0 Å². The van der Waals surface area contributed by atoms with E-state index in [0.29, 0.717) is 0 Å². The number of nitrogens with one attached hydrogen (secondary N) is 1. The Hall–Kier alpha value is -2.26. The molecule has 0 saturated carbocycles. The van der Waals surface area contributed by atoms with Gasteiger partial charge in [0.15, 0.2) is 12.3 Å². The zero-order chi connectivity index (χ0) is 25.1. The van der Waals surface area contributed by atoms with Crippen LogP contribution in [-0.2, 0) is 16.9 Å². The normalized spacial score (nSPS) is 18.9. The molecule has 0 spiro atoms. The van der Waals surface area contributed by atoms with Crippen LogP contribution in [0, 0.1) is 6.92 Å². The molecule has 2 aromatic heterocycles. The van der Waals surface area contributed by atoms with Crippen LogP contribution in [0.5, 0.6) is 5.75 Å². The van der Waals surface area contributed by atoms with Gasteiger partial charge in [-0.05, 0) is 25.1 Å². The fraction of sp³-hybridized carbons (Fsp3) is 0.250. The third-order valence-electron chi connectivity index (χ3n) is 2.91. The van der Waals surface area contributed by atoms with E-state index in [-0.39, 0.29) is 16.6 Å². The standard InChI is InChI=1S/C16H14F3N3O2S/c1-10-13(20-7-6-14(10)24-9-16(17,18)19)8-25(23)15-21-11-4-2-3-5-12(11)22-15/h2-7H,8-9H2,1H3,(H,21,22)/i2D,3D,4D,5D,8D2,9D2. The fourth-order valence-corrected chi connectivity index (χ4v) is 2.63. The number of imidazole rings is 1. The van der Waals surface area contributed by atoms with Crippen molar-refractivity contribution in [2.24, 2.45) is 0 Å². The van der Waals surface area contributed by atoms with Crippen LogP contribution >= 0.6 is 0 Å². The highest BCUT2D eigenvalue weighted by molar-refractivity contribution is 7.90. The number of para-hydroxylation sites is 2. The number of alkyl halides is 3. The highest BCUT2D eigenvalue weighted by Crippen LogP contribution is 2.25. The Kier molecular flexibility index (Phi) is 2.78. The predicted octanol–water partition coefficient (Wildman–Crippen LogP) is 3.52. The minimum atomic E-state index is -5.38. The first kappa shape index (κ1) is 10.0. The molecule has 9 heteroatoms. The van der Waals surface area contributed by atoms with Crippen LogP contribution in [0.2, 0.25) is 0 Å². The van der Waals surface area contributed by atoms with Crippen LogP contribution in [0.4, 0.5) is 13.2 Å². The van der Waals surface area contributed by atoms with Gasteiger partial charge in [-0.25, -0.2) is 0 Å². The molecule has 3 aromatic rings. The Bertz CT molecular complexity index is 1190. The van der Waals surface area contributed by atoms with Gasteiger partial charge in [-0.2, -0.15) is 18.2 Å². The summed E-state index contributed by atoms with van der Waals surface area (Å²) in [4.78, 5) is 9.99. The van der Waals surface area contributed by atoms with Crippen molar-refractivity contribution >= 4 is 22.2 Å². The monoisotopic (exact) mass is 377 g/mol. The highest BCUT2D eigenvalue weighted by Gasteiger charge is 2.29. The Balaban J connectivity index is 2.06. The van der Waals surface area contributed by atoms with E-state index in [0.717, 1.165) is 19.2 Å². The number of rotatable bonds is 5. The summed E-state index contributed by atoms with van der Waals surface area (Å²) in [6.45, 7) is -2.97. The lowest BCUT2D eigenvalue weighted by atomic mass is 10.2. The largest absolute Gasteiger partial charge is 0.609 e. The van der Waals surface area contributed by atoms with E-state index in [1.807, 2.05) is 0 Å². The average Bonchev–Trinajstić information content (AvgIpc) is 3.16. The van der Waals surface area contributed by atoms with Crippen molar-refractivity contribution in [3.63, 3.8) is 0 Å². The summed E-state index contributed by atoms with van der Waals surface area (Å²) < 4.78 is 118. The quantitative estimate of drug-likeness (QED) is 0.691. The molecule has 0 amide bonds. The van der Waals surface area contributed by atoms with Crippen molar-refractivity contribution in [1.29, 1.82) is 0 Å². The number of ether oxygens (including phenoxy) is 1. The summed E-state index contributed by atoms with van der Waals surface area (Å²) in [6, 6.07) is -1.34. The summed E-state index contributed by atoms with van der Waals surface area (Å²) in [7, 11) is 0. The molecule has 0 aliphatic heterocycles. The molecule has 132 valence electrons. The van der Waals surface area contributed by atoms with E-state index < -0.39 is 70.4 Å². The second kappa shape index (κ2) is 6.93. The summed E-state index contributed by atoms with van der Waals surface area (Å²) >= 11 is -2.72. The molecule has 0 bridgehead atoms. The van der Waals surface area contributed by atoms with E-state index in [1.165, 1.54) is 0 Å². The smallest absolute Gasteiger partial charge is 0.422 e. The third kappa shape index (κ3) is 4.23. The van der Waals surface area contributed by atoms with Crippen LogP contribution < -0.4 is 4.74 Å². The Morgan fingerprint density at radius 1 is 1.40 bits per heavy atom. The molecule has 1 aromatic carbocycles. The van der Waals surface area contributed by atoms with Crippen molar-refractivity contribution in [3.05, 3.63) is 47.7 Å². The summed E-state index contributed by atoms with van der Waals surface area (Å²) in [6.07, 6.45) is -4.52. The van der Waals surface area contributed by atoms with E-state index in [2.05, 4.69) is 19.7 Å². The van der Waals surface area contributed by atoms with Crippen molar-refractivity contribution < 1.29 is 33.4 Å². The molecule has 0 saturated heterocycles. The average molecular weight is 377 g/mol. The van der Waals surface area contributed by atoms with Crippen molar-refractivity contribution in [2.45, 2.75) is 24.0 Å². The van der Waals surface area contributed by atoms with Gasteiger partial charge in [-0.1, -0.05) is 12.1 Å². The molecule has 0 fully saturated rings. The zero-order valence-corrected chi connectivity index (χ0v) is 13.2. The van der Waals surface area contributed by atoms with Gasteiger partial charge in [0.1, 0.15) is 5.75 Å². The number of aromatic nitrogens is 3. The van der Waals surface area contributed by atoms with Crippen molar-refractivity contribution in [2.75, 3.05) is 6.56 Å². The van der Waals surface area contributed by atoms with Gasteiger partial charge in [-0.15, -0.1) is 0 Å².